The van der Waals surface area contributed by atoms with Gasteiger partial charge in [0.1, 0.15) is 0 Å². The van der Waals surface area contributed by atoms with Crippen LogP contribution in [0.3, 0.4) is 0 Å². The first-order valence-corrected chi connectivity index (χ1v) is 6.72. The van der Waals surface area contributed by atoms with E-state index in [1.54, 1.807) is 38.1 Å². The van der Waals surface area contributed by atoms with Gasteiger partial charge in [0, 0.05) is 19.6 Å². The topological polar surface area (TPSA) is 93.4 Å². The van der Waals surface area contributed by atoms with E-state index in [-0.39, 0.29) is 12.6 Å². The van der Waals surface area contributed by atoms with Gasteiger partial charge in [-0.1, -0.05) is 19.1 Å². The van der Waals surface area contributed by atoms with Gasteiger partial charge in [0.25, 0.3) is 0 Å². The van der Waals surface area contributed by atoms with Crippen molar-refractivity contribution in [2.24, 2.45) is 5.92 Å². The van der Waals surface area contributed by atoms with Crippen LogP contribution in [0.4, 0.5) is 4.79 Å². The van der Waals surface area contributed by atoms with Crippen molar-refractivity contribution in [2.45, 2.75) is 20.4 Å². The fraction of sp³-hybridized carbons (Fsp3) is 0.400. The van der Waals surface area contributed by atoms with Crippen molar-refractivity contribution in [3.63, 3.8) is 0 Å². The molecule has 0 aliphatic rings. The first-order chi connectivity index (χ1) is 9.97. The molecule has 1 rings (SSSR count). The van der Waals surface area contributed by atoms with Gasteiger partial charge in [0.2, 0.25) is 0 Å². The number of amides is 2. The zero-order valence-corrected chi connectivity index (χ0v) is 12.2. The molecule has 6 nitrogen and oxygen atoms in total. The van der Waals surface area contributed by atoms with Crippen LogP contribution in [0.5, 0.6) is 0 Å². The first-order valence-electron chi connectivity index (χ1n) is 6.72. The summed E-state index contributed by atoms with van der Waals surface area (Å²) in [6, 6.07) is 8.65. The lowest BCUT2D eigenvalue weighted by atomic mass is 10.1. The van der Waals surface area contributed by atoms with E-state index < -0.39 is 11.9 Å². The lowest BCUT2D eigenvalue weighted by Crippen LogP contribution is -2.42. The largest absolute Gasteiger partial charge is 0.481 e. The summed E-state index contributed by atoms with van der Waals surface area (Å²) >= 11 is 0. The highest BCUT2D eigenvalue weighted by atomic mass is 16.4. The molecule has 0 spiro atoms. The molecule has 0 bridgehead atoms. The molecule has 0 fully saturated rings. The van der Waals surface area contributed by atoms with Crippen molar-refractivity contribution in [1.29, 1.82) is 5.26 Å². The number of benzene rings is 1. The second kappa shape index (κ2) is 7.90. The zero-order chi connectivity index (χ0) is 15.8. The summed E-state index contributed by atoms with van der Waals surface area (Å²) in [5.41, 5.74) is 1.44. The van der Waals surface area contributed by atoms with E-state index in [2.05, 4.69) is 5.32 Å². The molecular weight excluding hydrogens is 270 g/mol. The third-order valence-electron chi connectivity index (χ3n) is 3.11. The lowest BCUT2D eigenvalue weighted by Gasteiger charge is -2.23. The third-order valence-corrected chi connectivity index (χ3v) is 3.11. The molecule has 1 aromatic carbocycles. The van der Waals surface area contributed by atoms with Crippen LogP contribution in [0.15, 0.2) is 24.3 Å². The Kier molecular flexibility index (Phi) is 6.21. The van der Waals surface area contributed by atoms with E-state index in [9.17, 15) is 9.59 Å². The van der Waals surface area contributed by atoms with Crippen molar-refractivity contribution in [3.05, 3.63) is 35.4 Å². The van der Waals surface area contributed by atoms with Crippen LogP contribution in [-0.4, -0.2) is 35.1 Å². The molecule has 0 saturated carbocycles. The highest BCUT2D eigenvalue weighted by Gasteiger charge is 2.18. The number of carboxylic acids is 1. The number of nitrogens with zero attached hydrogens (tertiary/aromatic N) is 2. The Bertz CT molecular complexity index is 534. The van der Waals surface area contributed by atoms with Crippen LogP contribution >= 0.6 is 0 Å². The van der Waals surface area contributed by atoms with E-state index in [1.807, 2.05) is 6.07 Å². The van der Waals surface area contributed by atoms with E-state index in [0.29, 0.717) is 18.7 Å². The van der Waals surface area contributed by atoms with Gasteiger partial charge in [0.15, 0.2) is 0 Å². The number of hydrogen-bond acceptors (Lipinski definition) is 3. The SMILES string of the molecule is CCN(CC(C)C(=O)O)C(=O)NCc1ccc(C#N)cc1. The summed E-state index contributed by atoms with van der Waals surface area (Å²) in [6.45, 7) is 4.32. The molecule has 0 saturated heterocycles. The molecule has 0 aromatic heterocycles. The van der Waals surface area contributed by atoms with Gasteiger partial charge >= 0.3 is 12.0 Å². The van der Waals surface area contributed by atoms with Gasteiger partial charge in [-0.25, -0.2) is 4.79 Å². The maximum atomic E-state index is 12.0. The van der Waals surface area contributed by atoms with Crippen LogP contribution < -0.4 is 5.32 Å². The van der Waals surface area contributed by atoms with Gasteiger partial charge in [-0.2, -0.15) is 5.26 Å². The average Bonchev–Trinajstić information content (AvgIpc) is 2.50. The second-order valence-corrected chi connectivity index (χ2v) is 4.75. The Balaban J connectivity index is 2.54. The smallest absolute Gasteiger partial charge is 0.317 e. The van der Waals surface area contributed by atoms with Crippen molar-refractivity contribution < 1.29 is 14.7 Å². The molecule has 1 aromatic rings. The van der Waals surface area contributed by atoms with Crippen molar-refractivity contribution in [3.8, 4) is 6.07 Å². The van der Waals surface area contributed by atoms with Crippen molar-refractivity contribution in [1.82, 2.24) is 10.2 Å². The number of carbonyl (C=O) groups is 2. The van der Waals surface area contributed by atoms with Crippen LogP contribution in [-0.2, 0) is 11.3 Å². The minimum absolute atomic E-state index is 0.172. The predicted molar refractivity (Wildman–Crippen MR) is 77.4 cm³/mol. The van der Waals surface area contributed by atoms with Gasteiger partial charge in [-0.3, -0.25) is 4.79 Å². The van der Waals surface area contributed by atoms with Gasteiger partial charge in [-0.15, -0.1) is 0 Å². The summed E-state index contributed by atoms with van der Waals surface area (Å²) in [4.78, 5) is 24.3. The Labute approximate surface area is 124 Å². The molecule has 1 unspecified atom stereocenters. The molecule has 112 valence electrons. The van der Waals surface area contributed by atoms with Gasteiger partial charge < -0.3 is 15.3 Å². The Morgan fingerprint density at radius 2 is 2.00 bits per heavy atom. The maximum Gasteiger partial charge on any atom is 0.317 e. The summed E-state index contributed by atoms with van der Waals surface area (Å²) in [5.74, 6) is -1.53. The fourth-order valence-electron chi connectivity index (χ4n) is 1.75. The minimum Gasteiger partial charge on any atom is -0.481 e. The summed E-state index contributed by atoms with van der Waals surface area (Å²) in [5, 5.41) is 20.3. The number of carbonyl (C=O) groups excluding carboxylic acids is 1. The van der Waals surface area contributed by atoms with Gasteiger partial charge in [-0.05, 0) is 24.6 Å². The standard InChI is InChI=1S/C15H19N3O3/c1-3-18(10-11(2)14(19)20)15(21)17-9-13-6-4-12(8-16)5-7-13/h4-7,11H,3,9-10H2,1-2H3,(H,17,21)(H,19,20). The molecule has 1 atom stereocenters. The Hall–Kier alpha value is -2.55. The van der Waals surface area contributed by atoms with E-state index in [1.165, 1.54) is 4.90 Å². The van der Waals surface area contributed by atoms with E-state index in [4.69, 9.17) is 10.4 Å². The summed E-state index contributed by atoms with van der Waals surface area (Å²) in [7, 11) is 0. The number of hydrogen-bond donors (Lipinski definition) is 2. The monoisotopic (exact) mass is 289 g/mol. The van der Waals surface area contributed by atoms with E-state index in [0.717, 1.165) is 5.56 Å². The van der Waals surface area contributed by atoms with Crippen LogP contribution in [0, 0.1) is 17.2 Å². The average molecular weight is 289 g/mol. The predicted octanol–water partition coefficient (Wildman–Crippen LogP) is 1.81. The molecule has 2 N–H and O–H groups in total. The molecule has 0 radical (unpaired) electrons. The first kappa shape index (κ1) is 16.5. The van der Waals surface area contributed by atoms with Crippen LogP contribution in [0.2, 0.25) is 0 Å². The number of aliphatic carboxylic acids is 1. The van der Waals surface area contributed by atoms with Gasteiger partial charge in [0.05, 0.1) is 17.6 Å². The lowest BCUT2D eigenvalue weighted by molar-refractivity contribution is -0.141. The summed E-state index contributed by atoms with van der Waals surface area (Å²) in [6.07, 6.45) is 0. The molecule has 2 amide bonds. The third kappa shape index (κ3) is 5.15. The molecular formula is C15H19N3O3. The van der Waals surface area contributed by atoms with Crippen LogP contribution in [0.25, 0.3) is 0 Å². The highest BCUT2D eigenvalue weighted by Crippen LogP contribution is 2.04. The molecule has 0 heterocycles. The molecule has 0 aliphatic carbocycles. The normalized spacial score (nSPS) is 11.3. The highest BCUT2D eigenvalue weighted by molar-refractivity contribution is 5.75. The zero-order valence-electron chi connectivity index (χ0n) is 12.2. The number of carboxylic acid groups (broad SMARTS) is 1. The number of rotatable bonds is 6. The second-order valence-electron chi connectivity index (χ2n) is 4.75. The fourth-order valence-corrected chi connectivity index (χ4v) is 1.75. The van der Waals surface area contributed by atoms with Crippen LogP contribution in [0.1, 0.15) is 25.0 Å². The molecule has 0 aliphatic heterocycles. The number of nitrogens with one attached hydrogen (secondary N) is 1. The Morgan fingerprint density at radius 1 is 1.38 bits per heavy atom. The van der Waals surface area contributed by atoms with E-state index >= 15 is 0 Å². The summed E-state index contributed by atoms with van der Waals surface area (Å²) < 4.78 is 0. The molecule has 6 heteroatoms. The quantitative estimate of drug-likeness (QED) is 0.835. The maximum absolute atomic E-state index is 12.0. The Morgan fingerprint density at radius 3 is 2.48 bits per heavy atom. The number of nitriles is 1. The van der Waals surface area contributed by atoms with Crippen molar-refractivity contribution >= 4 is 12.0 Å². The molecule has 21 heavy (non-hydrogen) atoms. The number of urea groups is 1. The van der Waals surface area contributed by atoms with Crippen molar-refractivity contribution in [2.75, 3.05) is 13.1 Å². The minimum atomic E-state index is -0.923.